The Morgan fingerprint density at radius 1 is 1.39 bits per heavy atom. The van der Waals surface area contributed by atoms with Gasteiger partial charge in [-0.1, -0.05) is 32.9 Å². The Morgan fingerprint density at radius 3 is 2.72 bits per heavy atom. The van der Waals surface area contributed by atoms with Crippen LogP contribution in [0.1, 0.15) is 38.3 Å². The number of carbonyl (C=O) groups is 1. The van der Waals surface area contributed by atoms with E-state index in [9.17, 15) is 4.79 Å². The van der Waals surface area contributed by atoms with Crippen molar-refractivity contribution in [3.05, 3.63) is 29.3 Å². The third kappa shape index (κ3) is 2.41. The van der Waals surface area contributed by atoms with Crippen LogP contribution < -0.4 is 10.6 Å². The van der Waals surface area contributed by atoms with Gasteiger partial charge in [0.25, 0.3) is 0 Å². The highest BCUT2D eigenvalue weighted by Crippen LogP contribution is 2.33. The molecular formula is C15H22N2O. The largest absolute Gasteiger partial charge is 0.330 e. The van der Waals surface area contributed by atoms with Crippen molar-refractivity contribution in [2.75, 3.05) is 18.0 Å². The second kappa shape index (κ2) is 4.73. The van der Waals surface area contributed by atoms with E-state index in [1.54, 1.807) is 0 Å². The number of benzene rings is 1. The molecule has 1 amide bonds. The van der Waals surface area contributed by atoms with E-state index in [2.05, 4.69) is 39.0 Å². The maximum atomic E-state index is 11.9. The summed E-state index contributed by atoms with van der Waals surface area (Å²) in [6, 6.07) is 6.45. The van der Waals surface area contributed by atoms with Gasteiger partial charge in [0, 0.05) is 25.2 Å². The van der Waals surface area contributed by atoms with Crippen molar-refractivity contribution in [2.24, 2.45) is 5.73 Å². The third-order valence-corrected chi connectivity index (χ3v) is 3.50. The number of fused-ring (bicyclic) bond motifs is 1. The molecule has 0 unspecified atom stereocenters. The van der Waals surface area contributed by atoms with Crippen LogP contribution in [0.2, 0.25) is 0 Å². The van der Waals surface area contributed by atoms with Gasteiger partial charge < -0.3 is 10.6 Å². The van der Waals surface area contributed by atoms with E-state index in [1.807, 2.05) is 4.90 Å². The van der Waals surface area contributed by atoms with Crippen LogP contribution in [0, 0.1) is 0 Å². The van der Waals surface area contributed by atoms with E-state index in [0.717, 1.165) is 18.7 Å². The highest BCUT2D eigenvalue weighted by Gasteiger charge is 2.25. The van der Waals surface area contributed by atoms with Crippen molar-refractivity contribution in [1.82, 2.24) is 0 Å². The zero-order chi connectivity index (χ0) is 13.3. The van der Waals surface area contributed by atoms with Crippen molar-refractivity contribution in [3.8, 4) is 0 Å². The molecule has 98 valence electrons. The van der Waals surface area contributed by atoms with Gasteiger partial charge in [0.05, 0.1) is 0 Å². The van der Waals surface area contributed by atoms with E-state index < -0.39 is 0 Å². The van der Waals surface area contributed by atoms with E-state index in [-0.39, 0.29) is 11.3 Å². The Balaban J connectivity index is 2.28. The molecule has 2 rings (SSSR count). The molecule has 1 heterocycles. The topological polar surface area (TPSA) is 46.3 Å². The lowest BCUT2D eigenvalue weighted by molar-refractivity contribution is -0.118. The van der Waals surface area contributed by atoms with Crippen molar-refractivity contribution < 1.29 is 4.79 Å². The SMILES string of the molecule is CC(C)(C)c1ccc2c(c1)CCN2C(=O)CCN. The molecule has 0 aromatic heterocycles. The van der Waals surface area contributed by atoms with E-state index in [4.69, 9.17) is 5.73 Å². The van der Waals surface area contributed by atoms with Gasteiger partial charge in [-0.05, 0) is 29.0 Å². The Hall–Kier alpha value is -1.35. The fourth-order valence-electron chi connectivity index (χ4n) is 2.39. The molecule has 0 atom stereocenters. The minimum Gasteiger partial charge on any atom is -0.330 e. The molecule has 1 aliphatic heterocycles. The summed E-state index contributed by atoms with van der Waals surface area (Å²) in [7, 11) is 0. The molecule has 1 aromatic rings. The molecule has 1 aliphatic rings. The zero-order valence-corrected chi connectivity index (χ0v) is 11.5. The molecule has 3 heteroatoms. The molecule has 0 radical (unpaired) electrons. The van der Waals surface area contributed by atoms with Crippen LogP contribution in [0.5, 0.6) is 0 Å². The molecule has 0 fully saturated rings. The van der Waals surface area contributed by atoms with Gasteiger partial charge >= 0.3 is 0 Å². The molecule has 1 aromatic carbocycles. The summed E-state index contributed by atoms with van der Waals surface area (Å²) in [5.41, 5.74) is 9.29. The monoisotopic (exact) mass is 246 g/mol. The third-order valence-electron chi connectivity index (χ3n) is 3.50. The second-order valence-corrected chi connectivity index (χ2v) is 5.93. The summed E-state index contributed by atoms with van der Waals surface area (Å²) in [5.74, 6) is 0.139. The van der Waals surface area contributed by atoms with Gasteiger partial charge in [-0.2, -0.15) is 0 Å². The minimum atomic E-state index is 0.139. The highest BCUT2D eigenvalue weighted by atomic mass is 16.2. The standard InChI is InChI=1S/C15H22N2O/c1-15(2,3)12-4-5-13-11(10-12)7-9-17(13)14(18)6-8-16/h4-5,10H,6-9,16H2,1-3H3. The summed E-state index contributed by atoms with van der Waals surface area (Å²) >= 11 is 0. The maximum Gasteiger partial charge on any atom is 0.228 e. The van der Waals surface area contributed by atoms with Gasteiger partial charge in [-0.25, -0.2) is 0 Å². The van der Waals surface area contributed by atoms with Crippen LogP contribution >= 0.6 is 0 Å². The molecule has 0 spiro atoms. The van der Waals surface area contributed by atoms with Gasteiger partial charge in [0.2, 0.25) is 5.91 Å². The van der Waals surface area contributed by atoms with Gasteiger partial charge in [-0.3, -0.25) is 4.79 Å². The average molecular weight is 246 g/mol. The molecule has 18 heavy (non-hydrogen) atoms. The first-order valence-corrected chi connectivity index (χ1v) is 6.57. The van der Waals surface area contributed by atoms with Gasteiger partial charge in [-0.15, -0.1) is 0 Å². The van der Waals surface area contributed by atoms with Crippen molar-refractivity contribution in [1.29, 1.82) is 0 Å². The van der Waals surface area contributed by atoms with Crippen molar-refractivity contribution in [3.63, 3.8) is 0 Å². The smallest absolute Gasteiger partial charge is 0.228 e. The first kappa shape index (κ1) is 13.1. The van der Waals surface area contributed by atoms with Gasteiger partial charge in [0.1, 0.15) is 0 Å². The first-order valence-electron chi connectivity index (χ1n) is 6.57. The lowest BCUT2D eigenvalue weighted by Crippen LogP contribution is -2.30. The number of amides is 1. The highest BCUT2D eigenvalue weighted by molar-refractivity contribution is 5.95. The van der Waals surface area contributed by atoms with E-state index in [1.165, 1.54) is 11.1 Å². The Labute approximate surface area is 109 Å². The number of hydrogen-bond acceptors (Lipinski definition) is 2. The summed E-state index contributed by atoms with van der Waals surface area (Å²) in [6.45, 7) is 7.84. The summed E-state index contributed by atoms with van der Waals surface area (Å²) in [6.07, 6.45) is 1.38. The minimum absolute atomic E-state index is 0.139. The van der Waals surface area contributed by atoms with Gasteiger partial charge in [0.15, 0.2) is 0 Å². The normalized spacial score (nSPS) is 14.8. The molecule has 3 nitrogen and oxygen atoms in total. The molecular weight excluding hydrogens is 224 g/mol. The predicted octanol–water partition coefficient (Wildman–Crippen LogP) is 2.22. The first-order chi connectivity index (χ1) is 8.43. The summed E-state index contributed by atoms with van der Waals surface area (Å²) < 4.78 is 0. The summed E-state index contributed by atoms with van der Waals surface area (Å²) in [4.78, 5) is 13.8. The molecule has 0 bridgehead atoms. The number of rotatable bonds is 2. The van der Waals surface area contributed by atoms with Crippen molar-refractivity contribution in [2.45, 2.75) is 39.0 Å². The zero-order valence-electron chi connectivity index (χ0n) is 11.5. The fourth-order valence-corrected chi connectivity index (χ4v) is 2.39. The molecule has 0 saturated heterocycles. The van der Waals surface area contributed by atoms with Crippen molar-refractivity contribution >= 4 is 11.6 Å². The van der Waals surface area contributed by atoms with Crippen LogP contribution in [-0.4, -0.2) is 19.0 Å². The number of anilines is 1. The van der Waals surface area contributed by atoms with E-state index >= 15 is 0 Å². The summed E-state index contributed by atoms with van der Waals surface area (Å²) in [5, 5.41) is 0. The molecule has 0 saturated carbocycles. The molecule has 0 aliphatic carbocycles. The quantitative estimate of drug-likeness (QED) is 0.869. The van der Waals surface area contributed by atoms with Crippen LogP contribution in [0.4, 0.5) is 5.69 Å². The van der Waals surface area contributed by atoms with Crippen LogP contribution in [0.15, 0.2) is 18.2 Å². The average Bonchev–Trinajstić information content (AvgIpc) is 2.70. The Bertz CT molecular complexity index is 460. The molecule has 2 N–H and O–H groups in total. The van der Waals surface area contributed by atoms with Crippen LogP contribution in [0.25, 0.3) is 0 Å². The van der Waals surface area contributed by atoms with Crippen LogP contribution in [-0.2, 0) is 16.6 Å². The number of nitrogens with two attached hydrogens (primary N) is 1. The predicted molar refractivity (Wildman–Crippen MR) is 74.9 cm³/mol. The lowest BCUT2D eigenvalue weighted by atomic mass is 9.86. The Kier molecular flexibility index (Phi) is 3.44. The number of carbonyl (C=O) groups excluding carboxylic acids is 1. The maximum absolute atomic E-state index is 11.9. The Morgan fingerprint density at radius 2 is 2.11 bits per heavy atom. The number of nitrogens with zero attached hydrogens (tertiary/aromatic N) is 1. The lowest BCUT2D eigenvalue weighted by Gasteiger charge is -2.21. The number of hydrogen-bond donors (Lipinski definition) is 1. The fraction of sp³-hybridized carbons (Fsp3) is 0.533. The van der Waals surface area contributed by atoms with Crippen LogP contribution in [0.3, 0.4) is 0 Å². The second-order valence-electron chi connectivity index (χ2n) is 5.93. The van der Waals surface area contributed by atoms with E-state index in [0.29, 0.717) is 13.0 Å².